The summed E-state index contributed by atoms with van der Waals surface area (Å²) in [4.78, 5) is 32.8. The number of hydrogen-bond acceptors (Lipinski definition) is 4. The smallest absolute Gasteiger partial charge is 0.326 e. The Kier molecular flexibility index (Phi) is 4.02. The van der Waals surface area contributed by atoms with Gasteiger partial charge in [-0.2, -0.15) is 0 Å². The molecule has 0 saturated heterocycles. The number of halogens is 1. The summed E-state index contributed by atoms with van der Waals surface area (Å²) < 4.78 is 0.652. The second-order valence-electron chi connectivity index (χ2n) is 2.79. The van der Waals surface area contributed by atoms with E-state index in [1.807, 2.05) is 5.32 Å². The second kappa shape index (κ2) is 5.08. The second-order valence-corrected chi connectivity index (χ2v) is 5.22. The zero-order valence-corrected chi connectivity index (χ0v) is 10.6. The fraction of sp³-hybridized carbons (Fsp3) is 0.125. The number of imide groups is 1. The van der Waals surface area contributed by atoms with E-state index in [0.717, 1.165) is 11.3 Å². The Hall–Kier alpha value is -1.41. The van der Waals surface area contributed by atoms with E-state index < -0.39 is 17.8 Å². The van der Waals surface area contributed by atoms with E-state index in [0.29, 0.717) is 3.79 Å². The molecule has 4 N–H and O–H groups in total. The predicted molar refractivity (Wildman–Crippen MR) is 63.4 cm³/mol. The van der Waals surface area contributed by atoms with Crippen molar-refractivity contribution in [1.82, 2.24) is 5.32 Å². The minimum Gasteiger partial charge on any atom is -0.366 e. The van der Waals surface area contributed by atoms with E-state index in [4.69, 9.17) is 5.73 Å². The van der Waals surface area contributed by atoms with Crippen LogP contribution in [0, 0.1) is 0 Å². The van der Waals surface area contributed by atoms with Crippen molar-refractivity contribution in [2.75, 3.05) is 5.32 Å². The van der Waals surface area contributed by atoms with Crippen LogP contribution in [0.15, 0.2) is 9.85 Å². The molecule has 16 heavy (non-hydrogen) atoms. The van der Waals surface area contributed by atoms with Crippen molar-refractivity contribution in [3.8, 4) is 0 Å². The Morgan fingerprint density at radius 2 is 2.06 bits per heavy atom. The molecule has 0 unspecified atom stereocenters. The fourth-order valence-corrected chi connectivity index (χ4v) is 2.43. The lowest BCUT2D eigenvalue weighted by Gasteiger charge is -2.03. The van der Waals surface area contributed by atoms with Gasteiger partial charge in [0.25, 0.3) is 5.91 Å². The molecule has 0 bridgehead atoms. The summed E-state index contributed by atoms with van der Waals surface area (Å²) in [5.74, 6) is -1.14. The summed E-state index contributed by atoms with van der Waals surface area (Å²) in [5, 5.41) is 4.67. The van der Waals surface area contributed by atoms with Gasteiger partial charge in [0, 0.05) is 6.92 Å². The van der Waals surface area contributed by atoms with Gasteiger partial charge in [0.05, 0.1) is 9.35 Å². The quantitative estimate of drug-likeness (QED) is 0.767. The molecule has 0 spiro atoms. The lowest BCUT2D eigenvalue weighted by atomic mass is 10.3. The van der Waals surface area contributed by atoms with Crippen LogP contribution in [0.5, 0.6) is 0 Å². The number of anilines is 1. The number of rotatable bonds is 2. The number of thiophene rings is 1. The molecule has 0 fully saturated rings. The molecule has 0 aliphatic carbocycles. The van der Waals surface area contributed by atoms with Crippen molar-refractivity contribution in [3.63, 3.8) is 0 Å². The number of nitrogens with two attached hydrogens (primary N) is 1. The number of carbonyl (C=O) groups is 3. The van der Waals surface area contributed by atoms with Gasteiger partial charge in [-0.15, -0.1) is 11.3 Å². The Labute approximate surface area is 103 Å². The van der Waals surface area contributed by atoms with Crippen molar-refractivity contribution < 1.29 is 14.4 Å². The topological polar surface area (TPSA) is 101 Å². The standard InChI is InChI=1S/C8H8BrN3O3S/c1-3(13)11-8(15)12-7-4(6(10)14)2-5(9)16-7/h2H,1H3,(H2,10,14)(H2,11,12,13,15). The highest BCUT2D eigenvalue weighted by atomic mass is 79.9. The highest BCUT2D eigenvalue weighted by molar-refractivity contribution is 9.11. The summed E-state index contributed by atoms with van der Waals surface area (Å²) in [6, 6.07) is 0.792. The van der Waals surface area contributed by atoms with Gasteiger partial charge in [0.15, 0.2) is 0 Å². The molecule has 0 saturated carbocycles. The Morgan fingerprint density at radius 1 is 1.44 bits per heavy atom. The largest absolute Gasteiger partial charge is 0.366 e. The minimum atomic E-state index is -0.704. The zero-order chi connectivity index (χ0) is 12.3. The molecule has 0 aliphatic heterocycles. The summed E-state index contributed by atoms with van der Waals surface area (Å²) in [6.45, 7) is 1.21. The van der Waals surface area contributed by atoms with Crippen molar-refractivity contribution in [3.05, 3.63) is 15.4 Å². The van der Waals surface area contributed by atoms with Gasteiger partial charge in [0.2, 0.25) is 5.91 Å². The van der Waals surface area contributed by atoms with Crippen LogP contribution in [0.3, 0.4) is 0 Å². The van der Waals surface area contributed by atoms with E-state index in [1.54, 1.807) is 0 Å². The van der Waals surface area contributed by atoms with Gasteiger partial charge in [-0.1, -0.05) is 0 Å². The molecule has 86 valence electrons. The van der Waals surface area contributed by atoms with Gasteiger partial charge in [-0.25, -0.2) is 4.79 Å². The lowest BCUT2D eigenvalue weighted by molar-refractivity contribution is -0.117. The SMILES string of the molecule is CC(=O)NC(=O)Nc1sc(Br)cc1C(N)=O. The number of hydrogen-bond donors (Lipinski definition) is 3. The normalized spacial score (nSPS) is 9.62. The Morgan fingerprint density at radius 3 is 2.56 bits per heavy atom. The fourth-order valence-electron chi connectivity index (χ4n) is 0.931. The molecule has 1 heterocycles. The molecule has 4 amide bonds. The maximum atomic E-state index is 11.2. The molecule has 1 aromatic heterocycles. The third kappa shape index (κ3) is 3.31. The first-order chi connectivity index (χ1) is 7.40. The molecular weight excluding hydrogens is 298 g/mol. The van der Waals surface area contributed by atoms with E-state index in [9.17, 15) is 14.4 Å². The molecule has 0 aromatic carbocycles. The third-order valence-corrected chi connectivity index (χ3v) is 3.04. The van der Waals surface area contributed by atoms with Gasteiger partial charge in [-0.3, -0.25) is 20.2 Å². The first-order valence-corrected chi connectivity index (χ1v) is 5.69. The average molecular weight is 306 g/mol. The number of urea groups is 1. The maximum Gasteiger partial charge on any atom is 0.326 e. The molecule has 0 atom stereocenters. The van der Waals surface area contributed by atoms with Crippen LogP contribution in [-0.2, 0) is 4.79 Å². The van der Waals surface area contributed by atoms with E-state index >= 15 is 0 Å². The highest BCUT2D eigenvalue weighted by Gasteiger charge is 2.15. The zero-order valence-electron chi connectivity index (χ0n) is 8.17. The highest BCUT2D eigenvalue weighted by Crippen LogP contribution is 2.31. The monoisotopic (exact) mass is 305 g/mol. The van der Waals surface area contributed by atoms with Crippen molar-refractivity contribution >= 4 is 50.1 Å². The number of carbonyl (C=O) groups excluding carboxylic acids is 3. The van der Waals surface area contributed by atoms with Crippen LogP contribution in [0.1, 0.15) is 17.3 Å². The average Bonchev–Trinajstić information content (AvgIpc) is 2.44. The van der Waals surface area contributed by atoms with Crippen molar-refractivity contribution in [2.24, 2.45) is 5.73 Å². The lowest BCUT2D eigenvalue weighted by Crippen LogP contribution is -2.32. The van der Waals surface area contributed by atoms with Crippen LogP contribution in [0.25, 0.3) is 0 Å². The minimum absolute atomic E-state index is 0.190. The first kappa shape index (κ1) is 12.7. The molecule has 0 aliphatic rings. The molecule has 1 aromatic rings. The maximum absolute atomic E-state index is 11.2. The van der Waals surface area contributed by atoms with Crippen LogP contribution in [0.2, 0.25) is 0 Å². The molecular formula is C8H8BrN3O3S. The molecule has 1 rings (SSSR count). The Bertz CT molecular complexity index is 457. The number of amides is 4. The van der Waals surface area contributed by atoms with E-state index in [-0.39, 0.29) is 10.6 Å². The summed E-state index contributed by atoms with van der Waals surface area (Å²) in [6.07, 6.45) is 0. The van der Waals surface area contributed by atoms with Crippen molar-refractivity contribution in [2.45, 2.75) is 6.92 Å². The number of primary amides is 1. The summed E-state index contributed by atoms with van der Waals surface area (Å²) in [5.41, 5.74) is 5.30. The Balaban J connectivity index is 2.84. The number of nitrogens with one attached hydrogen (secondary N) is 2. The van der Waals surface area contributed by atoms with E-state index in [1.165, 1.54) is 13.0 Å². The van der Waals surface area contributed by atoms with Crippen LogP contribution in [0.4, 0.5) is 9.80 Å². The van der Waals surface area contributed by atoms with E-state index in [2.05, 4.69) is 21.2 Å². The third-order valence-electron chi connectivity index (χ3n) is 1.48. The van der Waals surface area contributed by atoms with Crippen LogP contribution >= 0.6 is 27.3 Å². The molecule has 8 heteroatoms. The molecule has 0 radical (unpaired) electrons. The van der Waals surface area contributed by atoms with Gasteiger partial charge >= 0.3 is 6.03 Å². The predicted octanol–water partition coefficient (Wildman–Crippen LogP) is 1.28. The summed E-state index contributed by atoms with van der Waals surface area (Å²) in [7, 11) is 0. The van der Waals surface area contributed by atoms with Gasteiger partial charge < -0.3 is 5.73 Å². The first-order valence-electron chi connectivity index (χ1n) is 4.08. The van der Waals surface area contributed by atoms with Gasteiger partial charge in [-0.05, 0) is 22.0 Å². The molecule has 6 nitrogen and oxygen atoms in total. The van der Waals surface area contributed by atoms with Crippen LogP contribution in [-0.4, -0.2) is 17.8 Å². The van der Waals surface area contributed by atoms with Crippen LogP contribution < -0.4 is 16.4 Å². The van der Waals surface area contributed by atoms with Gasteiger partial charge in [0.1, 0.15) is 5.00 Å². The van der Waals surface area contributed by atoms with Crippen molar-refractivity contribution in [1.29, 1.82) is 0 Å². The summed E-state index contributed by atoms with van der Waals surface area (Å²) >= 11 is 4.29.